The molecule has 1 atom stereocenters. The van der Waals surface area contributed by atoms with E-state index in [0.717, 1.165) is 0 Å². The van der Waals surface area contributed by atoms with Gasteiger partial charge in [0.2, 0.25) is 11.8 Å². The van der Waals surface area contributed by atoms with Crippen molar-refractivity contribution in [1.82, 2.24) is 20.4 Å². The maximum Gasteiger partial charge on any atom is 0.407 e. The number of aliphatic imine (C=N–C) groups is 1. The van der Waals surface area contributed by atoms with Gasteiger partial charge in [0, 0.05) is 25.2 Å². The fourth-order valence-electron chi connectivity index (χ4n) is 4.10. The summed E-state index contributed by atoms with van der Waals surface area (Å²) in [6, 6.07) is 5.24. The van der Waals surface area contributed by atoms with Crippen LogP contribution in [0.5, 0.6) is 0 Å². The van der Waals surface area contributed by atoms with Gasteiger partial charge < -0.3 is 41.4 Å². The summed E-state index contributed by atoms with van der Waals surface area (Å²) in [6.45, 7) is 10.3. The number of carbonyl (C=O) groups excluding carboxylic acids is 5. The van der Waals surface area contributed by atoms with E-state index in [-0.39, 0.29) is 45.1 Å². The van der Waals surface area contributed by atoms with Crippen molar-refractivity contribution < 1.29 is 33.4 Å². The van der Waals surface area contributed by atoms with Gasteiger partial charge in [0.1, 0.15) is 23.8 Å². The molecule has 0 aromatic heterocycles. The number of nitrogens with one attached hydrogen (secondary N) is 2. The number of esters is 1. The molecule has 1 aliphatic heterocycles. The maximum absolute atomic E-state index is 13.4. The molecule has 0 saturated carbocycles. The number of hydrogen-bond acceptors (Lipinski definition) is 8. The molecule has 232 valence electrons. The Balaban J connectivity index is 2.06. The van der Waals surface area contributed by atoms with Gasteiger partial charge in [-0.3, -0.25) is 19.2 Å². The summed E-state index contributed by atoms with van der Waals surface area (Å²) < 4.78 is 10.6. The molecular weight excluding hydrogens is 546 g/mol. The Morgan fingerprint density at radius 1 is 0.952 bits per heavy atom. The number of ether oxygens (including phenoxy) is 2. The zero-order valence-electron chi connectivity index (χ0n) is 25.2. The second-order valence-corrected chi connectivity index (χ2v) is 11.8. The number of piperazine rings is 1. The number of guanidine groups is 1. The zero-order chi connectivity index (χ0) is 31.7. The van der Waals surface area contributed by atoms with E-state index in [0.29, 0.717) is 17.7 Å². The third kappa shape index (κ3) is 11.6. The molecule has 0 unspecified atom stereocenters. The van der Waals surface area contributed by atoms with Crippen LogP contribution >= 0.6 is 0 Å². The molecule has 1 aliphatic rings. The van der Waals surface area contributed by atoms with Gasteiger partial charge in [0.05, 0.1) is 12.2 Å². The summed E-state index contributed by atoms with van der Waals surface area (Å²) in [4.78, 5) is 70.3. The quantitative estimate of drug-likeness (QED) is 0.133. The summed E-state index contributed by atoms with van der Waals surface area (Å²) in [5, 5.41) is 5.21. The van der Waals surface area contributed by atoms with Gasteiger partial charge in [-0.25, -0.2) is 9.79 Å². The molecule has 0 bridgehead atoms. The lowest BCUT2D eigenvalue weighted by molar-refractivity contribution is -0.163. The van der Waals surface area contributed by atoms with Crippen LogP contribution in [0.25, 0.3) is 0 Å². The van der Waals surface area contributed by atoms with Crippen LogP contribution < -0.4 is 22.1 Å². The number of alkyl carbamates (subject to hydrolysis) is 1. The lowest BCUT2D eigenvalue weighted by Crippen LogP contribution is -2.61. The Morgan fingerprint density at radius 2 is 1.57 bits per heavy atom. The van der Waals surface area contributed by atoms with Crippen molar-refractivity contribution in [2.24, 2.45) is 16.5 Å². The minimum atomic E-state index is -0.898. The molecular formula is C28H43N7O7. The zero-order valence-corrected chi connectivity index (χ0v) is 25.2. The lowest BCUT2D eigenvalue weighted by Gasteiger charge is -2.40. The number of carbonyl (C=O) groups is 5. The first-order valence-corrected chi connectivity index (χ1v) is 13.7. The second-order valence-electron chi connectivity index (χ2n) is 11.8. The first-order chi connectivity index (χ1) is 19.4. The number of hydrogen-bond donors (Lipinski definition) is 4. The van der Waals surface area contributed by atoms with Gasteiger partial charge in [-0.2, -0.15) is 0 Å². The van der Waals surface area contributed by atoms with E-state index in [4.69, 9.17) is 20.9 Å². The van der Waals surface area contributed by atoms with Gasteiger partial charge in [-0.1, -0.05) is 0 Å². The van der Waals surface area contributed by atoms with Crippen molar-refractivity contribution in [2.75, 3.05) is 32.7 Å². The number of benzene rings is 1. The fourth-order valence-corrected chi connectivity index (χ4v) is 4.10. The highest BCUT2D eigenvalue weighted by Gasteiger charge is 2.38. The molecule has 42 heavy (non-hydrogen) atoms. The molecule has 1 saturated heterocycles. The predicted molar refractivity (Wildman–Crippen MR) is 156 cm³/mol. The highest BCUT2D eigenvalue weighted by atomic mass is 16.6. The molecule has 1 fully saturated rings. The minimum Gasteiger partial charge on any atom is -0.459 e. The average Bonchev–Trinajstić information content (AvgIpc) is 2.84. The third-order valence-corrected chi connectivity index (χ3v) is 5.75. The van der Waals surface area contributed by atoms with Crippen molar-refractivity contribution in [3.63, 3.8) is 0 Å². The number of nitrogens with zero attached hydrogens (tertiary/aromatic N) is 3. The van der Waals surface area contributed by atoms with Crippen molar-refractivity contribution in [1.29, 1.82) is 0 Å². The van der Waals surface area contributed by atoms with Gasteiger partial charge >= 0.3 is 12.1 Å². The van der Waals surface area contributed by atoms with Crippen LogP contribution in [0.2, 0.25) is 0 Å². The van der Waals surface area contributed by atoms with Gasteiger partial charge in [-0.05, 0) is 78.6 Å². The molecule has 0 spiro atoms. The van der Waals surface area contributed by atoms with E-state index in [9.17, 15) is 24.0 Å². The Hall–Kier alpha value is -4.36. The fraction of sp³-hybridized carbons (Fsp3) is 0.571. The van der Waals surface area contributed by atoms with Crippen molar-refractivity contribution in [3.8, 4) is 0 Å². The van der Waals surface area contributed by atoms with E-state index in [1.165, 1.54) is 21.9 Å². The minimum absolute atomic E-state index is 0.117. The van der Waals surface area contributed by atoms with E-state index in [2.05, 4.69) is 15.6 Å². The highest BCUT2D eigenvalue weighted by Crippen LogP contribution is 2.18. The molecule has 1 heterocycles. The topological polar surface area (TPSA) is 199 Å². The Bertz CT molecular complexity index is 1170. The SMILES string of the molecule is CC(C)(C)OC(=O)CN1CCN(C(=O)CNC(=O)c2ccc(N=C(N)N)cc2)[C@@H](CCCNC(=O)OC(C)(C)C)C1=O. The molecule has 2 rings (SSSR count). The summed E-state index contributed by atoms with van der Waals surface area (Å²) in [5.74, 6) is -2.05. The highest BCUT2D eigenvalue weighted by molar-refractivity contribution is 5.98. The maximum atomic E-state index is 13.4. The van der Waals surface area contributed by atoms with Crippen molar-refractivity contribution in [2.45, 2.75) is 71.6 Å². The largest absolute Gasteiger partial charge is 0.459 e. The third-order valence-electron chi connectivity index (χ3n) is 5.75. The van der Waals surface area contributed by atoms with E-state index in [1.54, 1.807) is 53.7 Å². The summed E-state index contributed by atoms with van der Waals surface area (Å²) in [7, 11) is 0. The predicted octanol–water partition coefficient (Wildman–Crippen LogP) is 1.01. The number of rotatable bonds is 10. The van der Waals surface area contributed by atoms with E-state index < -0.39 is 47.0 Å². The van der Waals surface area contributed by atoms with Crippen LogP contribution in [0.3, 0.4) is 0 Å². The van der Waals surface area contributed by atoms with Crippen LogP contribution in [-0.2, 0) is 23.9 Å². The molecule has 1 aromatic rings. The molecule has 6 N–H and O–H groups in total. The molecule has 0 aliphatic carbocycles. The molecule has 1 aromatic carbocycles. The van der Waals surface area contributed by atoms with Gasteiger partial charge in [0.15, 0.2) is 5.96 Å². The standard InChI is InChI=1S/C28H43N7O7/c1-27(2,3)41-22(37)17-34-14-15-35(20(24(34)39)8-7-13-31-26(40)42-28(4,5)6)21(36)16-32-23(38)18-9-11-19(12-10-18)33-25(29)30/h9-12,20H,7-8,13-17H2,1-6H3,(H,31,40)(H,32,38)(H4,29,30,33)/t20-/m0/s1. The smallest absolute Gasteiger partial charge is 0.407 e. The molecule has 14 heteroatoms. The average molecular weight is 590 g/mol. The Morgan fingerprint density at radius 3 is 2.14 bits per heavy atom. The Kier molecular flexibility index (Phi) is 11.7. The van der Waals surface area contributed by atoms with Crippen LogP contribution in [0.1, 0.15) is 64.7 Å². The van der Waals surface area contributed by atoms with E-state index >= 15 is 0 Å². The first-order valence-electron chi connectivity index (χ1n) is 13.7. The van der Waals surface area contributed by atoms with Crippen LogP contribution in [0.4, 0.5) is 10.5 Å². The number of nitrogens with two attached hydrogens (primary N) is 2. The lowest BCUT2D eigenvalue weighted by atomic mass is 10.0. The second kappa shape index (κ2) is 14.5. The summed E-state index contributed by atoms with van der Waals surface area (Å²) in [5.41, 5.74) is 10.1. The number of amides is 4. The summed E-state index contributed by atoms with van der Waals surface area (Å²) >= 11 is 0. The van der Waals surface area contributed by atoms with Crippen molar-refractivity contribution in [3.05, 3.63) is 29.8 Å². The van der Waals surface area contributed by atoms with Crippen LogP contribution in [0, 0.1) is 0 Å². The van der Waals surface area contributed by atoms with Crippen LogP contribution in [-0.4, -0.2) is 95.5 Å². The molecule has 0 radical (unpaired) electrons. The molecule has 4 amide bonds. The van der Waals surface area contributed by atoms with Gasteiger partial charge in [0.25, 0.3) is 5.91 Å². The monoisotopic (exact) mass is 589 g/mol. The summed E-state index contributed by atoms with van der Waals surface area (Å²) in [6.07, 6.45) is -0.0226. The Labute approximate surface area is 246 Å². The molecule has 14 nitrogen and oxygen atoms in total. The van der Waals surface area contributed by atoms with Crippen LogP contribution in [0.15, 0.2) is 29.3 Å². The first kappa shape index (κ1) is 33.8. The van der Waals surface area contributed by atoms with Gasteiger partial charge in [-0.15, -0.1) is 0 Å². The van der Waals surface area contributed by atoms with Crippen molar-refractivity contribution >= 4 is 41.4 Å². The van der Waals surface area contributed by atoms with E-state index in [1.807, 2.05) is 0 Å². The normalized spacial score (nSPS) is 15.5.